The Bertz CT molecular complexity index is 799. The van der Waals surface area contributed by atoms with Crippen molar-refractivity contribution in [2.45, 2.75) is 6.42 Å². The minimum Gasteiger partial charge on any atom is -0.507 e. The lowest BCUT2D eigenvalue weighted by atomic mass is 10.1. The number of phenols is 1. The fraction of sp³-hybridized carbons (Fsp3) is 0.176. The van der Waals surface area contributed by atoms with Crippen LogP contribution in [0.4, 0.5) is 14.5 Å². The van der Waals surface area contributed by atoms with Crippen molar-refractivity contribution in [1.29, 1.82) is 0 Å². The van der Waals surface area contributed by atoms with Crippen molar-refractivity contribution >= 4 is 17.5 Å². The third kappa shape index (κ3) is 3.19. The summed E-state index contributed by atoms with van der Waals surface area (Å²) in [5.74, 6) is -2.99. The van der Waals surface area contributed by atoms with Gasteiger partial charge in [0.05, 0.1) is 5.56 Å². The number of anilines is 1. The number of benzene rings is 2. The van der Waals surface area contributed by atoms with Crippen LogP contribution in [0.1, 0.15) is 27.1 Å². The van der Waals surface area contributed by atoms with E-state index >= 15 is 0 Å². The van der Waals surface area contributed by atoms with Gasteiger partial charge in [0.15, 0.2) is 0 Å². The molecule has 7 heteroatoms. The highest BCUT2D eigenvalue weighted by Gasteiger charge is 2.24. The largest absolute Gasteiger partial charge is 0.507 e. The van der Waals surface area contributed by atoms with Gasteiger partial charge in [0.2, 0.25) is 0 Å². The van der Waals surface area contributed by atoms with E-state index in [0.717, 1.165) is 18.6 Å². The number of phenolic OH excluding ortho intramolecular Hbond substituents is 1. The molecule has 0 unspecified atom stereocenters. The van der Waals surface area contributed by atoms with Crippen molar-refractivity contribution in [3.05, 3.63) is 59.2 Å². The Balaban J connectivity index is 1.76. The zero-order chi connectivity index (χ0) is 17.3. The Morgan fingerprint density at radius 3 is 2.25 bits per heavy atom. The second kappa shape index (κ2) is 6.27. The monoisotopic (exact) mass is 332 g/mol. The summed E-state index contributed by atoms with van der Waals surface area (Å²) in [4.78, 5) is 25.7. The van der Waals surface area contributed by atoms with Crippen LogP contribution in [0.5, 0.6) is 5.75 Å². The van der Waals surface area contributed by atoms with Crippen LogP contribution >= 0.6 is 0 Å². The summed E-state index contributed by atoms with van der Waals surface area (Å²) in [6.07, 6.45) is 0.935. The molecule has 0 spiro atoms. The zero-order valence-electron chi connectivity index (χ0n) is 12.6. The predicted octanol–water partition coefficient (Wildman–Crippen LogP) is 2.77. The molecule has 2 aromatic carbocycles. The molecule has 1 aliphatic heterocycles. The molecule has 124 valence electrons. The Morgan fingerprint density at radius 2 is 1.71 bits per heavy atom. The highest BCUT2D eigenvalue weighted by molar-refractivity contribution is 6.05. The van der Waals surface area contributed by atoms with Crippen molar-refractivity contribution in [1.82, 2.24) is 4.90 Å². The molecule has 1 fully saturated rings. The quantitative estimate of drug-likeness (QED) is 0.908. The van der Waals surface area contributed by atoms with Gasteiger partial charge in [0.25, 0.3) is 11.8 Å². The van der Waals surface area contributed by atoms with Crippen LogP contribution in [0.3, 0.4) is 0 Å². The third-order valence-corrected chi connectivity index (χ3v) is 3.75. The number of carbonyl (C=O) groups excluding carboxylic acids is 2. The van der Waals surface area contributed by atoms with Crippen molar-refractivity contribution in [3.8, 4) is 5.75 Å². The number of hydrogen-bond acceptors (Lipinski definition) is 3. The first kappa shape index (κ1) is 15.9. The SMILES string of the molecule is O=C(Nc1ccc(C(=O)N2CCC2)c(O)c1)c1cc(F)cc(F)c1. The molecule has 2 N–H and O–H groups in total. The van der Waals surface area contributed by atoms with E-state index in [1.54, 1.807) is 4.90 Å². The highest BCUT2D eigenvalue weighted by atomic mass is 19.1. The Labute approximate surface area is 136 Å². The molecule has 0 bridgehead atoms. The van der Waals surface area contributed by atoms with Gasteiger partial charge in [-0.1, -0.05) is 0 Å². The van der Waals surface area contributed by atoms with Crippen molar-refractivity contribution in [3.63, 3.8) is 0 Å². The number of aromatic hydroxyl groups is 1. The van der Waals surface area contributed by atoms with Crippen LogP contribution in [0, 0.1) is 11.6 Å². The molecule has 0 atom stereocenters. The predicted molar refractivity (Wildman–Crippen MR) is 82.9 cm³/mol. The van der Waals surface area contributed by atoms with Gasteiger partial charge in [0, 0.05) is 36.5 Å². The van der Waals surface area contributed by atoms with Gasteiger partial charge >= 0.3 is 0 Å². The minimum atomic E-state index is -0.863. The van der Waals surface area contributed by atoms with Crippen LogP contribution in [0.2, 0.25) is 0 Å². The molecule has 1 heterocycles. The van der Waals surface area contributed by atoms with Gasteiger partial charge in [0.1, 0.15) is 17.4 Å². The number of hydrogen-bond donors (Lipinski definition) is 2. The molecule has 2 amide bonds. The molecule has 5 nitrogen and oxygen atoms in total. The molecule has 3 rings (SSSR count). The van der Waals surface area contributed by atoms with Crippen LogP contribution < -0.4 is 5.32 Å². The first-order chi connectivity index (χ1) is 11.4. The molecule has 1 saturated heterocycles. The highest BCUT2D eigenvalue weighted by Crippen LogP contribution is 2.25. The second-order valence-corrected chi connectivity index (χ2v) is 5.49. The van der Waals surface area contributed by atoms with E-state index in [1.165, 1.54) is 18.2 Å². The lowest BCUT2D eigenvalue weighted by Crippen LogP contribution is -2.42. The summed E-state index contributed by atoms with van der Waals surface area (Å²) in [5.41, 5.74) is 0.166. The molecule has 0 radical (unpaired) electrons. The summed E-state index contributed by atoms with van der Waals surface area (Å²) in [5, 5.41) is 12.4. The minimum absolute atomic E-state index is 0.143. The van der Waals surface area contributed by atoms with Crippen molar-refractivity contribution in [2.24, 2.45) is 0 Å². The third-order valence-electron chi connectivity index (χ3n) is 3.75. The van der Waals surface area contributed by atoms with Crippen LogP contribution in [-0.2, 0) is 0 Å². The molecular formula is C17H14F2N2O3. The van der Waals surface area contributed by atoms with E-state index in [4.69, 9.17) is 0 Å². The van der Waals surface area contributed by atoms with Crippen molar-refractivity contribution in [2.75, 3.05) is 18.4 Å². The number of halogens is 2. The smallest absolute Gasteiger partial charge is 0.257 e. The van der Waals surface area contributed by atoms with Gasteiger partial charge in [-0.2, -0.15) is 0 Å². The summed E-state index contributed by atoms with van der Waals surface area (Å²) >= 11 is 0. The van der Waals surface area contributed by atoms with Crippen LogP contribution in [0.15, 0.2) is 36.4 Å². The lowest BCUT2D eigenvalue weighted by Gasteiger charge is -2.31. The van der Waals surface area contributed by atoms with Gasteiger partial charge in [-0.05, 0) is 30.7 Å². The average molecular weight is 332 g/mol. The van der Waals surface area contributed by atoms with Gasteiger partial charge < -0.3 is 15.3 Å². The maximum Gasteiger partial charge on any atom is 0.257 e. The van der Waals surface area contributed by atoms with E-state index in [2.05, 4.69) is 5.32 Å². The van der Waals surface area contributed by atoms with Crippen molar-refractivity contribution < 1.29 is 23.5 Å². The molecule has 0 saturated carbocycles. The van der Waals surface area contributed by atoms with Gasteiger partial charge in [-0.25, -0.2) is 8.78 Å². The van der Waals surface area contributed by atoms with E-state index in [9.17, 15) is 23.5 Å². The molecule has 0 aliphatic carbocycles. The zero-order valence-corrected chi connectivity index (χ0v) is 12.6. The summed E-state index contributed by atoms with van der Waals surface area (Å²) < 4.78 is 26.3. The Kier molecular flexibility index (Phi) is 4.16. The molecule has 2 aromatic rings. The number of carbonyl (C=O) groups is 2. The molecular weight excluding hydrogens is 318 g/mol. The van der Waals surface area contributed by atoms with E-state index in [0.29, 0.717) is 19.2 Å². The Morgan fingerprint density at radius 1 is 1.04 bits per heavy atom. The number of rotatable bonds is 3. The summed E-state index contributed by atoms with van der Waals surface area (Å²) in [6, 6.07) is 6.54. The first-order valence-electron chi connectivity index (χ1n) is 7.34. The first-order valence-corrected chi connectivity index (χ1v) is 7.34. The summed E-state index contributed by atoms with van der Waals surface area (Å²) in [7, 11) is 0. The topological polar surface area (TPSA) is 69.6 Å². The van der Waals surface area contributed by atoms with E-state index in [1.807, 2.05) is 0 Å². The number of likely N-dealkylation sites (tertiary alicyclic amines) is 1. The normalized spacial score (nSPS) is 13.3. The lowest BCUT2D eigenvalue weighted by molar-refractivity contribution is 0.0648. The molecule has 1 aliphatic rings. The molecule has 0 aromatic heterocycles. The second-order valence-electron chi connectivity index (χ2n) is 5.49. The van der Waals surface area contributed by atoms with Gasteiger partial charge in [-0.3, -0.25) is 9.59 Å². The maximum atomic E-state index is 13.1. The summed E-state index contributed by atoms with van der Waals surface area (Å²) in [6.45, 7) is 1.31. The van der Waals surface area contributed by atoms with Crippen LogP contribution in [0.25, 0.3) is 0 Å². The average Bonchev–Trinajstić information content (AvgIpc) is 2.44. The number of amides is 2. The number of nitrogens with one attached hydrogen (secondary N) is 1. The standard InChI is InChI=1S/C17H14F2N2O3/c18-11-6-10(7-12(19)8-11)16(23)20-13-2-3-14(15(22)9-13)17(24)21-4-1-5-21/h2-3,6-9,22H,1,4-5H2,(H,20,23). The van der Waals surface area contributed by atoms with E-state index in [-0.39, 0.29) is 28.5 Å². The number of nitrogens with zero attached hydrogens (tertiary/aromatic N) is 1. The van der Waals surface area contributed by atoms with E-state index < -0.39 is 17.5 Å². The maximum absolute atomic E-state index is 13.1. The van der Waals surface area contributed by atoms with Gasteiger partial charge in [-0.15, -0.1) is 0 Å². The Hall–Kier alpha value is -2.96. The van der Waals surface area contributed by atoms with Crippen LogP contribution in [-0.4, -0.2) is 34.9 Å². The molecule has 24 heavy (non-hydrogen) atoms. The fourth-order valence-corrected chi connectivity index (χ4v) is 2.37. The fourth-order valence-electron chi connectivity index (χ4n) is 2.37.